The van der Waals surface area contributed by atoms with E-state index in [1.54, 1.807) is 31.7 Å². The van der Waals surface area contributed by atoms with Crippen LogP contribution in [0.2, 0.25) is 0 Å². The maximum atomic E-state index is 12.9. The number of carbonyl (C=O) groups excluding carboxylic acids is 2. The minimum Gasteiger partial charge on any atom is -0.476 e. The number of nitrogen functional groups attached to an aromatic ring is 1. The molecule has 0 saturated heterocycles. The number of ether oxygens (including phenoxy) is 3. The summed E-state index contributed by atoms with van der Waals surface area (Å²) in [5, 5.41) is 0.952. The number of carbonyl (C=O) groups is 2. The first-order chi connectivity index (χ1) is 20.2. The van der Waals surface area contributed by atoms with Gasteiger partial charge < -0.3 is 29.4 Å². The fraction of sp³-hybridized carbons (Fsp3) is 0.419. The van der Waals surface area contributed by atoms with Crippen molar-refractivity contribution in [3.8, 4) is 5.75 Å². The number of anilines is 1. The molecule has 0 aliphatic carbocycles. The monoisotopic (exact) mass is 595 g/mol. The van der Waals surface area contributed by atoms with Crippen molar-refractivity contribution in [1.82, 2.24) is 19.4 Å². The summed E-state index contributed by atoms with van der Waals surface area (Å²) >= 11 is 6.00. The van der Waals surface area contributed by atoms with E-state index in [4.69, 9.17) is 36.5 Å². The van der Waals surface area contributed by atoms with Crippen LogP contribution in [0.3, 0.4) is 0 Å². The molecule has 11 heteroatoms. The zero-order valence-electron chi connectivity index (χ0n) is 24.6. The zero-order chi connectivity index (χ0) is 30.3. The first-order valence-electron chi connectivity index (χ1n) is 14.1. The Hall–Kier alpha value is -3.89. The van der Waals surface area contributed by atoms with Crippen LogP contribution in [0.5, 0.6) is 5.75 Å². The largest absolute Gasteiger partial charge is 0.476 e. The van der Waals surface area contributed by atoms with Crippen molar-refractivity contribution in [2.45, 2.75) is 59.4 Å². The molecule has 2 aromatic heterocycles. The van der Waals surface area contributed by atoms with Crippen LogP contribution in [-0.4, -0.2) is 62.6 Å². The van der Waals surface area contributed by atoms with Gasteiger partial charge in [0.05, 0.1) is 17.6 Å². The van der Waals surface area contributed by atoms with Crippen molar-refractivity contribution in [2.24, 2.45) is 0 Å². The molecule has 0 bridgehead atoms. The second kappa shape index (κ2) is 13.8. The van der Waals surface area contributed by atoms with Gasteiger partial charge in [0.15, 0.2) is 11.4 Å². The Bertz CT molecular complexity index is 1550. The first kappa shape index (κ1) is 31.1. The van der Waals surface area contributed by atoms with Gasteiger partial charge in [-0.1, -0.05) is 30.3 Å². The molecule has 0 unspecified atom stereocenters. The molecule has 4 rings (SSSR count). The summed E-state index contributed by atoms with van der Waals surface area (Å²) in [7, 11) is 0. The number of rotatable bonds is 14. The van der Waals surface area contributed by atoms with E-state index >= 15 is 0 Å². The minimum absolute atomic E-state index is 0.136. The molecule has 10 nitrogen and oxygen atoms in total. The minimum atomic E-state index is -1.16. The lowest BCUT2D eigenvalue weighted by Crippen LogP contribution is -2.39. The number of benzene rings is 2. The lowest BCUT2D eigenvalue weighted by Gasteiger charge is -2.25. The molecule has 2 heterocycles. The van der Waals surface area contributed by atoms with Crippen LogP contribution in [0.25, 0.3) is 21.9 Å². The van der Waals surface area contributed by atoms with E-state index in [1.807, 2.05) is 49.4 Å². The number of aryl methyl sites for hydroxylation is 1. The van der Waals surface area contributed by atoms with Gasteiger partial charge in [-0.05, 0) is 57.9 Å². The third kappa shape index (κ3) is 7.11. The van der Waals surface area contributed by atoms with Gasteiger partial charge >= 0.3 is 5.97 Å². The molecule has 1 amide bonds. The Morgan fingerprint density at radius 2 is 1.86 bits per heavy atom. The Balaban J connectivity index is 1.54. The normalized spacial score (nSPS) is 11.6. The third-order valence-electron chi connectivity index (χ3n) is 6.81. The fourth-order valence-electron chi connectivity index (χ4n) is 4.81. The number of hydrogen-bond acceptors (Lipinski definition) is 8. The SMILES string of the molecule is CCOCc1nc2c(N)nc3ccccc3c2n1CCCN(Cc1cccc(OC(C)(C)C(=O)OCC)c1)C(=O)CCl. The molecule has 0 radical (unpaired) electrons. The average Bonchev–Trinajstić information content (AvgIpc) is 3.34. The molecule has 0 saturated carbocycles. The van der Waals surface area contributed by atoms with Crippen LogP contribution in [-0.2, 0) is 38.8 Å². The molecule has 0 fully saturated rings. The second-order valence-electron chi connectivity index (χ2n) is 10.3. The number of halogens is 1. The molecular weight excluding hydrogens is 558 g/mol. The van der Waals surface area contributed by atoms with E-state index in [0.717, 1.165) is 27.8 Å². The number of nitrogens with zero attached hydrogens (tertiary/aromatic N) is 4. The quantitative estimate of drug-likeness (QED) is 0.158. The van der Waals surface area contributed by atoms with Crippen molar-refractivity contribution in [1.29, 1.82) is 0 Å². The third-order valence-corrected chi connectivity index (χ3v) is 7.04. The van der Waals surface area contributed by atoms with Gasteiger partial charge in [0.2, 0.25) is 5.91 Å². The van der Waals surface area contributed by atoms with Gasteiger partial charge in [0.1, 0.15) is 29.6 Å². The number of alkyl halides is 1. The van der Waals surface area contributed by atoms with Crippen LogP contribution in [0.4, 0.5) is 5.82 Å². The number of fused-ring (bicyclic) bond motifs is 3. The summed E-state index contributed by atoms with van der Waals surface area (Å²) in [6.45, 7) is 9.52. The van der Waals surface area contributed by atoms with Gasteiger partial charge in [0, 0.05) is 31.6 Å². The number of amides is 1. The number of nitrogens with two attached hydrogens (primary N) is 1. The van der Waals surface area contributed by atoms with Crippen LogP contribution in [0, 0.1) is 0 Å². The predicted octanol–water partition coefficient (Wildman–Crippen LogP) is 5.08. The molecule has 2 N–H and O–H groups in total. The van der Waals surface area contributed by atoms with E-state index in [2.05, 4.69) is 9.55 Å². The molecule has 2 aromatic carbocycles. The number of aromatic nitrogens is 3. The number of para-hydroxylation sites is 1. The van der Waals surface area contributed by atoms with Crippen LogP contribution < -0.4 is 10.5 Å². The van der Waals surface area contributed by atoms with Crippen LogP contribution in [0.1, 0.15) is 45.5 Å². The predicted molar refractivity (Wildman–Crippen MR) is 163 cm³/mol. The average molecular weight is 596 g/mol. The molecule has 0 aliphatic rings. The highest BCUT2D eigenvalue weighted by Gasteiger charge is 2.31. The standard InChI is InChI=1S/C31H38ClN5O5/c1-5-40-20-25-35-27-28(23-13-7-8-14-24(23)34-29(27)33)37(25)16-10-15-36(26(38)18-32)19-21-11-9-12-22(17-21)42-31(3,4)30(39)41-6-2/h7-9,11-14,17H,5-6,10,15-16,18-20H2,1-4H3,(H2,33,34). The lowest BCUT2D eigenvalue weighted by atomic mass is 10.1. The Kier molecular flexibility index (Phi) is 10.2. The van der Waals surface area contributed by atoms with Crippen molar-refractivity contribution < 1.29 is 23.8 Å². The maximum Gasteiger partial charge on any atom is 0.349 e. The Morgan fingerprint density at radius 3 is 2.60 bits per heavy atom. The number of pyridine rings is 1. The van der Waals surface area contributed by atoms with Gasteiger partial charge in [-0.25, -0.2) is 14.8 Å². The highest BCUT2D eigenvalue weighted by Crippen LogP contribution is 2.29. The van der Waals surface area contributed by atoms with Crippen molar-refractivity contribution in [3.63, 3.8) is 0 Å². The van der Waals surface area contributed by atoms with Gasteiger partial charge in [-0.2, -0.15) is 0 Å². The molecule has 0 spiro atoms. The molecule has 0 aliphatic heterocycles. The zero-order valence-corrected chi connectivity index (χ0v) is 25.3. The molecule has 42 heavy (non-hydrogen) atoms. The first-order valence-corrected chi connectivity index (χ1v) is 14.6. The number of imidazole rings is 1. The molecule has 4 aromatic rings. The fourth-order valence-corrected chi connectivity index (χ4v) is 4.98. The Morgan fingerprint density at radius 1 is 1.07 bits per heavy atom. The maximum absolute atomic E-state index is 12.9. The van der Waals surface area contributed by atoms with E-state index in [0.29, 0.717) is 56.4 Å². The Labute approximate surface area is 250 Å². The highest BCUT2D eigenvalue weighted by atomic mass is 35.5. The summed E-state index contributed by atoms with van der Waals surface area (Å²) in [6.07, 6.45) is 0.635. The van der Waals surface area contributed by atoms with Crippen molar-refractivity contribution in [3.05, 3.63) is 59.9 Å². The van der Waals surface area contributed by atoms with E-state index in [9.17, 15) is 9.59 Å². The highest BCUT2D eigenvalue weighted by molar-refractivity contribution is 6.27. The summed E-state index contributed by atoms with van der Waals surface area (Å²) in [6, 6.07) is 15.2. The van der Waals surface area contributed by atoms with Crippen LogP contribution in [0.15, 0.2) is 48.5 Å². The summed E-state index contributed by atoms with van der Waals surface area (Å²) in [4.78, 5) is 36.2. The molecular formula is C31H38ClN5O5. The topological polar surface area (TPSA) is 122 Å². The number of esters is 1. The van der Waals surface area contributed by atoms with Crippen molar-refractivity contribution in [2.75, 3.05) is 31.4 Å². The van der Waals surface area contributed by atoms with Crippen molar-refractivity contribution >= 4 is 51.2 Å². The summed E-state index contributed by atoms with van der Waals surface area (Å²) in [5.74, 6) is 0.859. The van der Waals surface area contributed by atoms with Gasteiger partial charge in [-0.15, -0.1) is 11.6 Å². The van der Waals surface area contributed by atoms with E-state index in [1.165, 1.54) is 0 Å². The molecule has 0 atom stereocenters. The van der Waals surface area contributed by atoms with E-state index < -0.39 is 11.6 Å². The number of hydrogen-bond donors (Lipinski definition) is 1. The van der Waals surface area contributed by atoms with Gasteiger partial charge in [-0.3, -0.25) is 4.79 Å². The second-order valence-corrected chi connectivity index (χ2v) is 10.6. The van der Waals surface area contributed by atoms with E-state index in [-0.39, 0.29) is 18.4 Å². The molecule has 224 valence electrons. The summed E-state index contributed by atoms with van der Waals surface area (Å²) in [5.41, 5.74) is 8.32. The lowest BCUT2D eigenvalue weighted by molar-refractivity contribution is -0.158. The summed E-state index contributed by atoms with van der Waals surface area (Å²) < 4.78 is 18.9. The van der Waals surface area contributed by atoms with Gasteiger partial charge in [0.25, 0.3) is 0 Å². The van der Waals surface area contributed by atoms with Crippen LogP contribution >= 0.6 is 11.6 Å². The smallest absolute Gasteiger partial charge is 0.349 e.